The first-order valence-electron chi connectivity index (χ1n) is 8.39. The lowest BCUT2D eigenvalue weighted by molar-refractivity contribution is 0.676. The van der Waals surface area contributed by atoms with Crippen LogP contribution in [0.25, 0.3) is 11.2 Å². The molecule has 0 amide bonds. The van der Waals surface area contributed by atoms with Gasteiger partial charge in [0.25, 0.3) is 5.56 Å². The van der Waals surface area contributed by atoms with Crippen molar-refractivity contribution >= 4 is 11.2 Å². The SMILES string of the molecule is CCn1c(=O)[nH]c(=O)c2c1nc(Cn1ccnc1)n2Cc1ccccc1. The number of imidazole rings is 2. The molecule has 1 N–H and O–H groups in total. The molecule has 3 aromatic heterocycles. The molecule has 0 saturated carbocycles. The molecule has 0 spiro atoms. The van der Waals surface area contributed by atoms with Gasteiger partial charge in [-0.15, -0.1) is 0 Å². The monoisotopic (exact) mass is 350 g/mol. The molecule has 0 atom stereocenters. The van der Waals surface area contributed by atoms with E-state index in [0.29, 0.717) is 36.6 Å². The minimum absolute atomic E-state index is 0.408. The average Bonchev–Trinajstić information content (AvgIpc) is 3.25. The number of hydrogen-bond acceptors (Lipinski definition) is 4. The Morgan fingerprint density at radius 3 is 2.58 bits per heavy atom. The van der Waals surface area contributed by atoms with Gasteiger partial charge in [-0.25, -0.2) is 14.8 Å². The van der Waals surface area contributed by atoms with Crippen molar-refractivity contribution in [2.75, 3.05) is 0 Å². The molecule has 8 heteroatoms. The molecule has 0 radical (unpaired) electrons. The Balaban J connectivity index is 1.95. The maximum absolute atomic E-state index is 12.5. The van der Waals surface area contributed by atoms with E-state index in [9.17, 15) is 9.59 Å². The van der Waals surface area contributed by atoms with Crippen molar-refractivity contribution in [2.24, 2.45) is 0 Å². The molecule has 26 heavy (non-hydrogen) atoms. The van der Waals surface area contributed by atoms with Gasteiger partial charge in [-0.3, -0.25) is 14.3 Å². The number of fused-ring (bicyclic) bond motifs is 1. The van der Waals surface area contributed by atoms with Gasteiger partial charge in [0.05, 0.1) is 12.9 Å². The van der Waals surface area contributed by atoms with E-state index in [1.54, 1.807) is 12.5 Å². The highest BCUT2D eigenvalue weighted by Crippen LogP contribution is 2.15. The van der Waals surface area contributed by atoms with Crippen LogP contribution in [0.1, 0.15) is 18.3 Å². The lowest BCUT2D eigenvalue weighted by Gasteiger charge is -2.09. The average molecular weight is 350 g/mol. The Labute approximate surface area is 148 Å². The third kappa shape index (κ3) is 2.75. The van der Waals surface area contributed by atoms with Gasteiger partial charge in [0, 0.05) is 25.5 Å². The summed E-state index contributed by atoms with van der Waals surface area (Å²) in [6.45, 7) is 3.23. The standard InChI is InChI=1S/C18H18N6O2/c1-2-23-16-15(17(25)21-18(23)26)24(10-13-6-4-3-5-7-13)14(20-16)11-22-9-8-19-12-22/h3-9,12H,2,10-11H2,1H3,(H,21,25,26). The molecule has 0 aliphatic rings. The lowest BCUT2D eigenvalue weighted by Crippen LogP contribution is -2.30. The number of nitrogens with zero attached hydrogens (tertiary/aromatic N) is 5. The molecule has 1 aromatic carbocycles. The number of H-pyrrole nitrogens is 1. The highest BCUT2D eigenvalue weighted by molar-refractivity contribution is 5.71. The predicted molar refractivity (Wildman–Crippen MR) is 97.2 cm³/mol. The zero-order valence-electron chi connectivity index (χ0n) is 14.3. The van der Waals surface area contributed by atoms with E-state index in [0.717, 1.165) is 5.56 Å². The van der Waals surface area contributed by atoms with Gasteiger partial charge in [0.2, 0.25) is 0 Å². The number of benzene rings is 1. The minimum Gasteiger partial charge on any atom is -0.330 e. The van der Waals surface area contributed by atoms with Crippen LogP contribution < -0.4 is 11.2 Å². The second kappa shape index (κ2) is 6.47. The summed E-state index contributed by atoms with van der Waals surface area (Å²) >= 11 is 0. The third-order valence-electron chi connectivity index (χ3n) is 4.35. The molecule has 0 saturated heterocycles. The largest absolute Gasteiger partial charge is 0.330 e. The fraction of sp³-hybridized carbons (Fsp3) is 0.222. The van der Waals surface area contributed by atoms with Crippen LogP contribution in [0.4, 0.5) is 0 Å². The van der Waals surface area contributed by atoms with Gasteiger partial charge >= 0.3 is 5.69 Å². The molecule has 8 nitrogen and oxygen atoms in total. The quantitative estimate of drug-likeness (QED) is 0.585. The van der Waals surface area contributed by atoms with E-state index in [-0.39, 0.29) is 0 Å². The number of rotatable bonds is 5. The maximum atomic E-state index is 12.5. The first-order chi connectivity index (χ1) is 12.7. The predicted octanol–water partition coefficient (Wildman–Crippen LogP) is 1.20. The Bertz CT molecular complexity index is 1150. The van der Waals surface area contributed by atoms with Crippen molar-refractivity contribution in [1.82, 2.24) is 28.7 Å². The Morgan fingerprint density at radius 2 is 1.88 bits per heavy atom. The first kappa shape index (κ1) is 16.1. The summed E-state index contributed by atoms with van der Waals surface area (Å²) in [7, 11) is 0. The number of aromatic amines is 1. The second-order valence-corrected chi connectivity index (χ2v) is 6.01. The summed E-state index contributed by atoms with van der Waals surface area (Å²) in [5.41, 5.74) is 1.00. The van der Waals surface area contributed by atoms with E-state index < -0.39 is 11.2 Å². The van der Waals surface area contributed by atoms with E-state index >= 15 is 0 Å². The molecular weight excluding hydrogens is 332 g/mol. The fourth-order valence-electron chi connectivity index (χ4n) is 3.11. The molecule has 3 heterocycles. The van der Waals surface area contributed by atoms with Crippen LogP contribution in [0.15, 0.2) is 58.6 Å². The van der Waals surface area contributed by atoms with E-state index in [4.69, 9.17) is 0 Å². The summed E-state index contributed by atoms with van der Waals surface area (Å²) < 4.78 is 5.23. The first-order valence-corrected chi connectivity index (χ1v) is 8.39. The maximum Gasteiger partial charge on any atom is 0.330 e. The summed E-state index contributed by atoms with van der Waals surface area (Å²) in [6, 6.07) is 9.85. The van der Waals surface area contributed by atoms with Gasteiger partial charge in [-0.1, -0.05) is 30.3 Å². The molecule has 0 bridgehead atoms. The van der Waals surface area contributed by atoms with Crippen molar-refractivity contribution in [1.29, 1.82) is 0 Å². The Kier molecular flexibility index (Phi) is 4.00. The smallest absolute Gasteiger partial charge is 0.330 e. The third-order valence-corrected chi connectivity index (χ3v) is 4.35. The molecule has 0 fully saturated rings. The summed E-state index contributed by atoms with van der Waals surface area (Å²) in [6.07, 6.45) is 5.23. The molecule has 4 rings (SSSR count). The van der Waals surface area contributed by atoms with Crippen LogP contribution in [0, 0.1) is 0 Å². The van der Waals surface area contributed by atoms with E-state index in [2.05, 4.69) is 15.0 Å². The molecule has 132 valence electrons. The van der Waals surface area contributed by atoms with Gasteiger partial charge in [0.15, 0.2) is 11.2 Å². The van der Waals surface area contributed by atoms with Crippen molar-refractivity contribution < 1.29 is 0 Å². The zero-order chi connectivity index (χ0) is 18.1. The number of aryl methyl sites for hydroxylation is 1. The molecule has 0 unspecified atom stereocenters. The normalized spacial score (nSPS) is 11.3. The summed E-state index contributed by atoms with van der Waals surface area (Å²) in [4.78, 5) is 35.8. The van der Waals surface area contributed by atoms with E-state index in [1.807, 2.05) is 52.6 Å². The lowest BCUT2D eigenvalue weighted by atomic mass is 10.2. The highest BCUT2D eigenvalue weighted by atomic mass is 16.2. The number of aromatic nitrogens is 6. The van der Waals surface area contributed by atoms with Crippen LogP contribution in [-0.2, 0) is 19.6 Å². The summed E-state index contributed by atoms with van der Waals surface area (Å²) in [5, 5.41) is 0. The van der Waals surface area contributed by atoms with Crippen LogP contribution in [0.3, 0.4) is 0 Å². The molecule has 4 aromatic rings. The van der Waals surface area contributed by atoms with Crippen LogP contribution in [0.2, 0.25) is 0 Å². The van der Waals surface area contributed by atoms with Crippen LogP contribution in [0.5, 0.6) is 0 Å². The molecular formula is C18H18N6O2. The van der Waals surface area contributed by atoms with Crippen molar-refractivity contribution in [3.63, 3.8) is 0 Å². The van der Waals surface area contributed by atoms with Gasteiger partial charge in [0.1, 0.15) is 5.82 Å². The topological polar surface area (TPSA) is 90.5 Å². The molecule has 0 aliphatic carbocycles. The zero-order valence-corrected chi connectivity index (χ0v) is 14.3. The Hall–Kier alpha value is -3.42. The van der Waals surface area contributed by atoms with Gasteiger partial charge in [-0.05, 0) is 12.5 Å². The van der Waals surface area contributed by atoms with Gasteiger partial charge in [-0.2, -0.15) is 0 Å². The van der Waals surface area contributed by atoms with E-state index in [1.165, 1.54) is 4.57 Å². The van der Waals surface area contributed by atoms with Crippen molar-refractivity contribution in [3.8, 4) is 0 Å². The van der Waals surface area contributed by atoms with Crippen LogP contribution in [-0.4, -0.2) is 28.7 Å². The van der Waals surface area contributed by atoms with Crippen molar-refractivity contribution in [3.05, 3.63) is 81.3 Å². The van der Waals surface area contributed by atoms with Crippen LogP contribution >= 0.6 is 0 Å². The highest BCUT2D eigenvalue weighted by Gasteiger charge is 2.18. The minimum atomic E-state index is -0.441. The molecule has 0 aliphatic heterocycles. The van der Waals surface area contributed by atoms with Crippen molar-refractivity contribution in [2.45, 2.75) is 26.6 Å². The summed E-state index contributed by atoms with van der Waals surface area (Å²) in [5.74, 6) is 0.695. The van der Waals surface area contributed by atoms with Gasteiger partial charge < -0.3 is 9.13 Å². The fourth-order valence-corrected chi connectivity index (χ4v) is 3.11. The number of hydrogen-bond donors (Lipinski definition) is 1. The Morgan fingerprint density at radius 1 is 1.08 bits per heavy atom. The second-order valence-electron chi connectivity index (χ2n) is 6.01. The number of nitrogens with one attached hydrogen (secondary N) is 1.